The Morgan fingerprint density at radius 1 is 1.33 bits per heavy atom. The predicted molar refractivity (Wildman–Crippen MR) is 60.7 cm³/mol. The van der Waals surface area contributed by atoms with E-state index in [9.17, 15) is 0 Å². The van der Waals surface area contributed by atoms with Crippen LogP contribution in [0.2, 0.25) is 0 Å². The van der Waals surface area contributed by atoms with E-state index in [1.165, 1.54) is 6.39 Å². The summed E-state index contributed by atoms with van der Waals surface area (Å²) in [6, 6.07) is 0. The van der Waals surface area contributed by atoms with E-state index >= 15 is 0 Å². The minimum atomic E-state index is 0.184. The molecule has 0 aromatic carbocycles. The first kappa shape index (κ1) is 12.2. The summed E-state index contributed by atoms with van der Waals surface area (Å²) in [5, 5.41) is 6.71. The molecule has 0 fully saturated rings. The zero-order chi connectivity index (χ0) is 11.3. The van der Waals surface area contributed by atoms with Crippen LogP contribution < -0.4 is 10.6 Å². The molecule has 0 aliphatic carbocycles. The van der Waals surface area contributed by atoms with Gasteiger partial charge in [0.25, 0.3) is 0 Å². The Morgan fingerprint density at radius 3 is 2.60 bits per heavy atom. The quantitative estimate of drug-likeness (QED) is 0.724. The summed E-state index contributed by atoms with van der Waals surface area (Å²) in [6.07, 6.45) is 1.49. The number of nitrogens with zero attached hydrogens (tertiary/aromatic N) is 1. The zero-order valence-electron chi connectivity index (χ0n) is 10.1. The average molecular weight is 211 g/mol. The highest BCUT2D eigenvalue weighted by Crippen LogP contribution is 2.03. The lowest BCUT2D eigenvalue weighted by Crippen LogP contribution is -2.40. The molecule has 0 aliphatic rings. The molecule has 0 spiro atoms. The van der Waals surface area contributed by atoms with Crippen LogP contribution in [0, 0.1) is 6.92 Å². The largest absolute Gasteiger partial charge is 0.447 e. The molecule has 4 heteroatoms. The zero-order valence-corrected chi connectivity index (χ0v) is 10.1. The average Bonchev–Trinajstić information content (AvgIpc) is 2.49. The maximum Gasteiger partial charge on any atom is 0.181 e. The molecule has 0 bridgehead atoms. The predicted octanol–water partition coefficient (Wildman–Crippen LogP) is 1.46. The van der Waals surface area contributed by atoms with Crippen LogP contribution in [0.3, 0.4) is 0 Å². The molecule has 0 unspecified atom stereocenters. The molecular formula is C11H21N3O. The van der Waals surface area contributed by atoms with Crippen LogP contribution in [-0.2, 0) is 6.54 Å². The van der Waals surface area contributed by atoms with Gasteiger partial charge in [-0.25, -0.2) is 4.98 Å². The first-order chi connectivity index (χ1) is 6.99. The summed E-state index contributed by atoms with van der Waals surface area (Å²) in [5.41, 5.74) is 1.15. The van der Waals surface area contributed by atoms with Gasteiger partial charge < -0.3 is 15.1 Å². The lowest BCUT2D eigenvalue weighted by molar-refractivity contribution is 0.414. The van der Waals surface area contributed by atoms with E-state index < -0.39 is 0 Å². The summed E-state index contributed by atoms with van der Waals surface area (Å²) in [7, 11) is 0. The normalized spacial score (nSPS) is 12.0. The fraction of sp³-hybridized carbons (Fsp3) is 0.727. The number of aryl methyl sites for hydroxylation is 1. The van der Waals surface area contributed by atoms with E-state index in [0.29, 0.717) is 0 Å². The lowest BCUT2D eigenvalue weighted by Gasteiger charge is -2.20. The summed E-state index contributed by atoms with van der Waals surface area (Å²) < 4.78 is 5.22. The van der Waals surface area contributed by atoms with Crippen molar-refractivity contribution >= 4 is 0 Å². The Balaban J connectivity index is 2.10. The molecule has 1 rings (SSSR count). The molecule has 1 aromatic heterocycles. The number of aromatic nitrogens is 1. The van der Waals surface area contributed by atoms with Crippen molar-refractivity contribution in [1.29, 1.82) is 0 Å². The van der Waals surface area contributed by atoms with Gasteiger partial charge in [-0.15, -0.1) is 0 Å². The van der Waals surface area contributed by atoms with Gasteiger partial charge in [-0.2, -0.15) is 0 Å². The summed E-state index contributed by atoms with van der Waals surface area (Å²) in [6.45, 7) is 11.1. The smallest absolute Gasteiger partial charge is 0.181 e. The Labute approximate surface area is 91.5 Å². The van der Waals surface area contributed by atoms with Gasteiger partial charge in [0.1, 0.15) is 5.76 Å². The molecule has 0 saturated carbocycles. The molecule has 0 amide bonds. The van der Waals surface area contributed by atoms with Crippen LogP contribution >= 0.6 is 0 Å². The Hall–Kier alpha value is -0.870. The molecule has 2 N–H and O–H groups in total. The summed E-state index contributed by atoms with van der Waals surface area (Å²) in [5.74, 6) is 0.922. The van der Waals surface area contributed by atoms with Gasteiger partial charge in [0.05, 0.1) is 12.2 Å². The molecule has 0 radical (unpaired) electrons. The molecule has 1 aromatic rings. The highest BCUT2D eigenvalue weighted by atomic mass is 16.3. The van der Waals surface area contributed by atoms with Gasteiger partial charge in [0.2, 0.25) is 0 Å². The fourth-order valence-corrected chi connectivity index (χ4v) is 1.22. The first-order valence-electron chi connectivity index (χ1n) is 5.34. The molecule has 0 atom stereocenters. The van der Waals surface area contributed by atoms with Crippen LogP contribution in [-0.4, -0.2) is 23.6 Å². The van der Waals surface area contributed by atoms with Crippen molar-refractivity contribution in [3.05, 3.63) is 17.8 Å². The Bertz CT molecular complexity index is 288. The first-order valence-corrected chi connectivity index (χ1v) is 5.34. The maximum absolute atomic E-state index is 5.22. The maximum atomic E-state index is 5.22. The van der Waals surface area contributed by atoms with E-state index in [1.807, 2.05) is 6.92 Å². The summed E-state index contributed by atoms with van der Waals surface area (Å²) >= 11 is 0. The minimum Gasteiger partial charge on any atom is -0.447 e. The molecule has 4 nitrogen and oxygen atoms in total. The third-order valence-corrected chi connectivity index (χ3v) is 2.09. The Kier molecular flexibility index (Phi) is 4.29. The topological polar surface area (TPSA) is 50.1 Å². The van der Waals surface area contributed by atoms with Crippen molar-refractivity contribution in [2.45, 2.75) is 39.8 Å². The van der Waals surface area contributed by atoms with Crippen molar-refractivity contribution in [3.63, 3.8) is 0 Å². The fourth-order valence-electron chi connectivity index (χ4n) is 1.22. The highest BCUT2D eigenvalue weighted by Gasteiger charge is 2.07. The van der Waals surface area contributed by atoms with E-state index in [1.54, 1.807) is 0 Å². The van der Waals surface area contributed by atoms with Gasteiger partial charge in [-0.3, -0.25) is 0 Å². The van der Waals surface area contributed by atoms with Crippen LogP contribution in [0.25, 0.3) is 0 Å². The summed E-state index contributed by atoms with van der Waals surface area (Å²) in [4.78, 5) is 4.03. The molecule has 86 valence electrons. The van der Waals surface area contributed by atoms with Crippen molar-refractivity contribution in [2.24, 2.45) is 0 Å². The highest BCUT2D eigenvalue weighted by molar-refractivity contribution is 5.03. The van der Waals surface area contributed by atoms with Gasteiger partial charge in [0, 0.05) is 18.6 Å². The van der Waals surface area contributed by atoms with Gasteiger partial charge in [0.15, 0.2) is 6.39 Å². The second-order valence-corrected chi connectivity index (χ2v) is 4.71. The van der Waals surface area contributed by atoms with Crippen molar-refractivity contribution in [2.75, 3.05) is 13.1 Å². The van der Waals surface area contributed by atoms with Gasteiger partial charge in [-0.1, -0.05) is 0 Å². The molecule has 15 heavy (non-hydrogen) atoms. The lowest BCUT2D eigenvalue weighted by atomic mass is 10.1. The van der Waals surface area contributed by atoms with E-state index in [0.717, 1.165) is 31.1 Å². The molecule has 0 saturated heterocycles. The molecular weight excluding hydrogens is 190 g/mol. The Morgan fingerprint density at radius 2 is 2.07 bits per heavy atom. The van der Waals surface area contributed by atoms with Crippen LogP contribution in [0.4, 0.5) is 0 Å². The van der Waals surface area contributed by atoms with E-state index in [4.69, 9.17) is 4.42 Å². The minimum absolute atomic E-state index is 0.184. The van der Waals surface area contributed by atoms with Crippen molar-refractivity contribution in [3.8, 4) is 0 Å². The SMILES string of the molecule is Cc1ncoc1CNCCNC(C)(C)C. The number of hydrogen-bond acceptors (Lipinski definition) is 4. The van der Waals surface area contributed by atoms with Crippen LogP contribution in [0.5, 0.6) is 0 Å². The second kappa shape index (κ2) is 5.28. The number of hydrogen-bond donors (Lipinski definition) is 2. The van der Waals surface area contributed by atoms with Crippen molar-refractivity contribution < 1.29 is 4.42 Å². The third kappa shape index (κ3) is 4.95. The van der Waals surface area contributed by atoms with Gasteiger partial charge >= 0.3 is 0 Å². The third-order valence-electron chi connectivity index (χ3n) is 2.09. The second-order valence-electron chi connectivity index (χ2n) is 4.71. The van der Waals surface area contributed by atoms with Crippen LogP contribution in [0.1, 0.15) is 32.2 Å². The molecule has 0 aliphatic heterocycles. The number of rotatable bonds is 5. The molecule has 1 heterocycles. The monoisotopic (exact) mass is 211 g/mol. The van der Waals surface area contributed by atoms with Crippen LogP contribution in [0.15, 0.2) is 10.8 Å². The standard InChI is InChI=1S/C11H21N3O/c1-9-10(15-8-13-9)7-12-5-6-14-11(2,3)4/h8,12,14H,5-7H2,1-4H3. The van der Waals surface area contributed by atoms with E-state index in [2.05, 4.69) is 36.4 Å². The van der Waals surface area contributed by atoms with E-state index in [-0.39, 0.29) is 5.54 Å². The van der Waals surface area contributed by atoms with Gasteiger partial charge in [-0.05, 0) is 27.7 Å². The number of nitrogens with one attached hydrogen (secondary N) is 2. The number of oxazole rings is 1. The van der Waals surface area contributed by atoms with Crippen molar-refractivity contribution in [1.82, 2.24) is 15.6 Å².